The van der Waals surface area contributed by atoms with Crippen molar-refractivity contribution in [2.75, 3.05) is 13.2 Å². The molecule has 0 saturated carbocycles. The minimum atomic E-state index is -1.34. The number of rotatable bonds is 4. The van der Waals surface area contributed by atoms with Crippen LogP contribution in [0.15, 0.2) is 12.3 Å². The van der Waals surface area contributed by atoms with Crippen molar-refractivity contribution in [2.45, 2.75) is 26.4 Å². The Labute approximate surface area is 116 Å². The van der Waals surface area contributed by atoms with Gasteiger partial charge in [0.2, 0.25) is 0 Å². The average Bonchev–Trinajstić information content (AvgIpc) is 2.78. The van der Waals surface area contributed by atoms with Crippen LogP contribution in [0.5, 0.6) is 0 Å². The van der Waals surface area contributed by atoms with Crippen molar-refractivity contribution in [3.05, 3.63) is 29.2 Å². The fourth-order valence-electron chi connectivity index (χ4n) is 1.81. The lowest BCUT2D eigenvalue weighted by Crippen LogP contribution is -2.43. The van der Waals surface area contributed by atoms with Crippen LogP contribution < -0.4 is 5.32 Å². The summed E-state index contributed by atoms with van der Waals surface area (Å²) < 4.78 is 1.61. The van der Waals surface area contributed by atoms with Gasteiger partial charge in [0, 0.05) is 18.8 Å². The molecule has 7 nitrogen and oxygen atoms in total. The maximum atomic E-state index is 12.1. The Bertz CT molecular complexity index is 648. The molecule has 2 aromatic heterocycles. The third-order valence-corrected chi connectivity index (χ3v) is 3.06. The molecule has 1 atom stereocenters. The summed E-state index contributed by atoms with van der Waals surface area (Å²) >= 11 is 0. The van der Waals surface area contributed by atoms with E-state index in [0.717, 1.165) is 5.69 Å². The van der Waals surface area contributed by atoms with Gasteiger partial charge in [-0.15, -0.1) is 0 Å². The summed E-state index contributed by atoms with van der Waals surface area (Å²) in [5, 5.41) is 25.5. The first-order valence-electron chi connectivity index (χ1n) is 6.27. The van der Waals surface area contributed by atoms with Gasteiger partial charge in [0.15, 0.2) is 5.65 Å². The van der Waals surface area contributed by atoms with Crippen molar-refractivity contribution < 1.29 is 15.0 Å². The van der Waals surface area contributed by atoms with Gasteiger partial charge in [0.1, 0.15) is 5.60 Å². The summed E-state index contributed by atoms with van der Waals surface area (Å²) in [6, 6.07) is 1.82. The quantitative estimate of drug-likeness (QED) is 0.720. The number of aromatic nitrogens is 3. The van der Waals surface area contributed by atoms with Crippen LogP contribution in [-0.4, -0.2) is 49.5 Å². The third-order valence-electron chi connectivity index (χ3n) is 3.06. The first-order chi connectivity index (χ1) is 9.34. The highest BCUT2D eigenvalue weighted by atomic mass is 16.3. The van der Waals surface area contributed by atoms with E-state index >= 15 is 0 Å². The summed E-state index contributed by atoms with van der Waals surface area (Å²) in [6.45, 7) is 4.60. The van der Waals surface area contributed by atoms with Gasteiger partial charge < -0.3 is 15.5 Å². The van der Waals surface area contributed by atoms with E-state index in [1.54, 1.807) is 11.4 Å². The zero-order valence-corrected chi connectivity index (χ0v) is 11.7. The summed E-state index contributed by atoms with van der Waals surface area (Å²) in [6.07, 6.45) is 1.48. The Morgan fingerprint density at radius 2 is 2.20 bits per heavy atom. The molecule has 2 aromatic rings. The highest BCUT2D eigenvalue weighted by molar-refractivity contribution is 5.95. The lowest BCUT2D eigenvalue weighted by molar-refractivity contribution is 0.00318. The SMILES string of the molecule is Cc1cc2ncc(C(=O)NCC(C)(O)CO)c(C)n2n1. The van der Waals surface area contributed by atoms with E-state index in [1.807, 2.05) is 13.0 Å². The number of hydrogen-bond acceptors (Lipinski definition) is 5. The van der Waals surface area contributed by atoms with Gasteiger partial charge in [-0.2, -0.15) is 5.10 Å². The van der Waals surface area contributed by atoms with Crippen LogP contribution in [0.1, 0.15) is 28.7 Å². The minimum Gasteiger partial charge on any atom is -0.393 e. The maximum absolute atomic E-state index is 12.1. The zero-order valence-electron chi connectivity index (χ0n) is 11.7. The standard InChI is InChI=1S/C13H18N4O3/c1-8-4-11-14-5-10(9(2)17(11)16-8)12(19)15-6-13(3,20)7-18/h4-5,18,20H,6-7H2,1-3H3,(H,15,19). The second-order valence-corrected chi connectivity index (χ2v) is 5.15. The number of carbonyl (C=O) groups excluding carboxylic acids is 1. The molecule has 3 N–H and O–H groups in total. The van der Waals surface area contributed by atoms with Crippen LogP contribution >= 0.6 is 0 Å². The summed E-state index contributed by atoms with van der Waals surface area (Å²) in [5.41, 5.74) is 1.21. The van der Waals surface area contributed by atoms with E-state index in [-0.39, 0.29) is 12.5 Å². The molecule has 0 saturated heterocycles. The topological polar surface area (TPSA) is 99.8 Å². The molecule has 0 aliphatic rings. The molecule has 0 aromatic carbocycles. The van der Waals surface area contributed by atoms with Crippen LogP contribution in [0.4, 0.5) is 0 Å². The van der Waals surface area contributed by atoms with Gasteiger partial charge in [0.25, 0.3) is 5.91 Å². The van der Waals surface area contributed by atoms with Gasteiger partial charge >= 0.3 is 0 Å². The molecule has 0 aliphatic carbocycles. The largest absolute Gasteiger partial charge is 0.393 e. The fraction of sp³-hybridized carbons (Fsp3) is 0.462. The van der Waals surface area contributed by atoms with E-state index in [4.69, 9.17) is 5.11 Å². The molecule has 7 heteroatoms. The number of nitrogens with zero attached hydrogens (tertiary/aromatic N) is 3. The number of fused-ring (bicyclic) bond motifs is 1. The van der Waals surface area contributed by atoms with Crippen LogP contribution in [0.3, 0.4) is 0 Å². The number of hydrogen-bond donors (Lipinski definition) is 3. The molecule has 0 aliphatic heterocycles. The Morgan fingerprint density at radius 3 is 2.85 bits per heavy atom. The number of aryl methyl sites for hydroxylation is 2. The van der Waals surface area contributed by atoms with Crippen molar-refractivity contribution in [1.29, 1.82) is 0 Å². The van der Waals surface area contributed by atoms with Crippen molar-refractivity contribution in [3.8, 4) is 0 Å². The Hall–Kier alpha value is -1.99. The van der Waals surface area contributed by atoms with Gasteiger partial charge in [-0.3, -0.25) is 4.79 Å². The second-order valence-electron chi connectivity index (χ2n) is 5.15. The lowest BCUT2D eigenvalue weighted by Gasteiger charge is -2.20. The molecule has 20 heavy (non-hydrogen) atoms. The van der Waals surface area contributed by atoms with E-state index in [1.165, 1.54) is 13.1 Å². The third kappa shape index (κ3) is 2.78. The number of nitrogens with one attached hydrogen (secondary N) is 1. The normalized spacial score (nSPS) is 14.2. The predicted molar refractivity (Wildman–Crippen MR) is 72.5 cm³/mol. The van der Waals surface area contributed by atoms with E-state index in [2.05, 4.69) is 15.4 Å². The highest BCUT2D eigenvalue weighted by Crippen LogP contribution is 2.11. The van der Waals surface area contributed by atoms with Crippen LogP contribution in [0.25, 0.3) is 5.65 Å². The fourth-order valence-corrected chi connectivity index (χ4v) is 1.81. The molecular weight excluding hydrogens is 260 g/mol. The van der Waals surface area contributed by atoms with Gasteiger partial charge in [-0.1, -0.05) is 0 Å². The van der Waals surface area contributed by atoms with Gasteiger partial charge in [-0.05, 0) is 20.8 Å². The van der Waals surface area contributed by atoms with E-state index < -0.39 is 12.2 Å². The number of amides is 1. The second kappa shape index (κ2) is 5.18. The van der Waals surface area contributed by atoms with Crippen molar-refractivity contribution >= 4 is 11.6 Å². The smallest absolute Gasteiger partial charge is 0.254 e. The molecule has 0 radical (unpaired) electrons. The van der Waals surface area contributed by atoms with Crippen LogP contribution in [-0.2, 0) is 0 Å². The summed E-state index contributed by atoms with van der Waals surface area (Å²) in [5.74, 6) is -0.362. The number of carbonyl (C=O) groups is 1. The van der Waals surface area contributed by atoms with Crippen molar-refractivity contribution in [3.63, 3.8) is 0 Å². The van der Waals surface area contributed by atoms with Crippen molar-refractivity contribution in [2.24, 2.45) is 0 Å². The first-order valence-corrected chi connectivity index (χ1v) is 6.27. The average molecular weight is 278 g/mol. The molecule has 1 unspecified atom stereocenters. The predicted octanol–water partition coefficient (Wildman–Crippen LogP) is -0.181. The zero-order chi connectivity index (χ0) is 14.9. The Kier molecular flexibility index (Phi) is 3.74. The molecule has 2 rings (SSSR count). The van der Waals surface area contributed by atoms with Crippen LogP contribution in [0, 0.1) is 13.8 Å². The molecule has 0 spiro atoms. The molecule has 108 valence electrons. The number of aliphatic hydroxyl groups is 2. The van der Waals surface area contributed by atoms with E-state index in [9.17, 15) is 9.90 Å². The van der Waals surface area contributed by atoms with Gasteiger partial charge in [-0.25, -0.2) is 9.50 Å². The molecule has 0 bridgehead atoms. The lowest BCUT2D eigenvalue weighted by atomic mass is 10.1. The molecule has 1 amide bonds. The van der Waals surface area contributed by atoms with Crippen molar-refractivity contribution in [1.82, 2.24) is 19.9 Å². The van der Waals surface area contributed by atoms with Gasteiger partial charge in [0.05, 0.1) is 23.6 Å². The first kappa shape index (κ1) is 14.4. The monoisotopic (exact) mass is 278 g/mol. The molecule has 2 heterocycles. The maximum Gasteiger partial charge on any atom is 0.254 e. The summed E-state index contributed by atoms with van der Waals surface area (Å²) in [7, 11) is 0. The molecular formula is C13H18N4O3. The minimum absolute atomic E-state index is 0.0437. The highest BCUT2D eigenvalue weighted by Gasteiger charge is 2.21. The Balaban J connectivity index is 2.24. The Morgan fingerprint density at radius 1 is 1.50 bits per heavy atom. The summed E-state index contributed by atoms with van der Waals surface area (Å²) in [4.78, 5) is 16.3. The molecule has 0 fully saturated rings. The van der Waals surface area contributed by atoms with Crippen LogP contribution in [0.2, 0.25) is 0 Å². The number of aliphatic hydroxyl groups excluding tert-OH is 1. The van der Waals surface area contributed by atoms with E-state index in [0.29, 0.717) is 16.9 Å².